The zero-order valence-corrected chi connectivity index (χ0v) is 15.4. The van der Waals surface area contributed by atoms with Crippen molar-refractivity contribution in [2.24, 2.45) is 0 Å². The van der Waals surface area contributed by atoms with E-state index in [0.29, 0.717) is 28.0 Å². The van der Waals surface area contributed by atoms with Crippen LogP contribution in [-0.2, 0) is 0 Å². The highest BCUT2D eigenvalue weighted by Crippen LogP contribution is 2.22. The lowest BCUT2D eigenvalue weighted by Gasteiger charge is -2.09. The van der Waals surface area contributed by atoms with Gasteiger partial charge in [0.1, 0.15) is 0 Å². The van der Waals surface area contributed by atoms with E-state index in [1.165, 1.54) is 30.6 Å². The topological polar surface area (TPSA) is 99.8 Å². The average Bonchev–Trinajstić information content (AvgIpc) is 3.18. The molecule has 4 rings (SSSR count). The molecule has 0 spiro atoms. The van der Waals surface area contributed by atoms with Gasteiger partial charge in [-0.1, -0.05) is 6.07 Å². The smallest absolute Gasteiger partial charge is 0.295 e. The third kappa shape index (κ3) is 4.14. The lowest BCUT2D eigenvalue weighted by Crippen LogP contribution is -2.14. The third-order valence-electron chi connectivity index (χ3n) is 4.29. The highest BCUT2D eigenvalue weighted by atomic mass is 19.3. The Balaban J connectivity index is 1.49. The summed E-state index contributed by atoms with van der Waals surface area (Å²) in [6.45, 7) is 0. The SMILES string of the molecule is O=C(Nc1cccc(NC(=O)c2ccc3nc(C(F)F)[nH]c3c2)c1)c1ccncc1. The van der Waals surface area contributed by atoms with E-state index in [4.69, 9.17) is 0 Å². The summed E-state index contributed by atoms with van der Waals surface area (Å²) in [5, 5.41) is 5.47. The van der Waals surface area contributed by atoms with Crippen LogP contribution >= 0.6 is 0 Å². The van der Waals surface area contributed by atoms with E-state index < -0.39 is 18.2 Å². The van der Waals surface area contributed by atoms with Gasteiger partial charge in [0.2, 0.25) is 0 Å². The van der Waals surface area contributed by atoms with E-state index in [1.807, 2.05) is 0 Å². The maximum atomic E-state index is 12.8. The molecule has 0 unspecified atom stereocenters. The highest BCUT2D eigenvalue weighted by molar-refractivity contribution is 6.07. The predicted octanol–water partition coefficient (Wildman–Crippen LogP) is 4.40. The van der Waals surface area contributed by atoms with Gasteiger partial charge in [-0.2, -0.15) is 0 Å². The molecule has 30 heavy (non-hydrogen) atoms. The summed E-state index contributed by atoms with van der Waals surface area (Å²) in [7, 11) is 0. The van der Waals surface area contributed by atoms with Crippen LogP contribution < -0.4 is 10.6 Å². The van der Waals surface area contributed by atoms with Crippen molar-refractivity contribution in [2.45, 2.75) is 6.43 Å². The van der Waals surface area contributed by atoms with Crippen LogP contribution in [0.1, 0.15) is 33.0 Å². The van der Waals surface area contributed by atoms with E-state index in [2.05, 4.69) is 25.6 Å². The second-order valence-corrected chi connectivity index (χ2v) is 6.38. The van der Waals surface area contributed by atoms with E-state index >= 15 is 0 Å². The number of imidazole rings is 1. The molecular weight excluding hydrogens is 392 g/mol. The number of aromatic amines is 1. The van der Waals surface area contributed by atoms with Crippen molar-refractivity contribution in [3.8, 4) is 0 Å². The fourth-order valence-electron chi connectivity index (χ4n) is 2.86. The number of alkyl halides is 2. The van der Waals surface area contributed by atoms with Crippen LogP contribution in [0.3, 0.4) is 0 Å². The maximum absolute atomic E-state index is 12.8. The van der Waals surface area contributed by atoms with Crippen LogP contribution in [-0.4, -0.2) is 26.8 Å². The normalized spacial score (nSPS) is 10.9. The first-order valence-corrected chi connectivity index (χ1v) is 8.90. The van der Waals surface area contributed by atoms with E-state index in [1.54, 1.807) is 36.4 Å². The summed E-state index contributed by atoms with van der Waals surface area (Å²) in [6.07, 6.45) is 0.318. The van der Waals surface area contributed by atoms with Gasteiger partial charge in [-0.05, 0) is 48.5 Å². The van der Waals surface area contributed by atoms with Crippen LogP contribution in [0.5, 0.6) is 0 Å². The molecule has 2 aromatic heterocycles. The van der Waals surface area contributed by atoms with Gasteiger partial charge in [0.05, 0.1) is 11.0 Å². The second-order valence-electron chi connectivity index (χ2n) is 6.38. The van der Waals surface area contributed by atoms with E-state index in [9.17, 15) is 18.4 Å². The number of hydrogen-bond donors (Lipinski definition) is 3. The van der Waals surface area contributed by atoms with Gasteiger partial charge in [-0.15, -0.1) is 0 Å². The standard InChI is InChI=1S/C21H15F2N5O2/c22-18(23)19-27-16-5-4-13(10-17(16)28-19)21(30)26-15-3-1-2-14(11-15)25-20(29)12-6-8-24-9-7-12/h1-11,18H,(H,25,29)(H,26,30)(H,27,28). The fourth-order valence-corrected chi connectivity index (χ4v) is 2.86. The first-order chi connectivity index (χ1) is 14.5. The summed E-state index contributed by atoms with van der Waals surface area (Å²) in [4.78, 5) is 35.0. The molecule has 2 amide bonds. The van der Waals surface area contributed by atoms with Crippen LogP contribution in [0.15, 0.2) is 67.0 Å². The Bertz CT molecular complexity index is 1220. The third-order valence-corrected chi connectivity index (χ3v) is 4.29. The number of benzene rings is 2. The van der Waals surface area contributed by atoms with Crippen molar-refractivity contribution < 1.29 is 18.4 Å². The number of hydrogen-bond acceptors (Lipinski definition) is 4. The molecule has 4 aromatic rings. The molecule has 0 saturated heterocycles. The first-order valence-electron chi connectivity index (χ1n) is 8.90. The van der Waals surface area contributed by atoms with Crippen molar-refractivity contribution in [1.82, 2.24) is 15.0 Å². The zero-order chi connectivity index (χ0) is 21.1. The molecule has 2 heterocycles. The quantitative estimate of drug-likeness (QED) is 0.457. The van der Waals surface area contributed by atoms with Gasteiger partial charge in [0, 0.05) is 34.9 Å². The summed E-state index contributed by atoms with van der Waals surface area (Å²) in [5.41, 5.74) is 2.39. The van der Waals surface area contributed by atoms with Crippen LogP contribution in [0, 0.1) is 0 Å². The molecule has 0 saturated carbocycles. The molecule has 0 bridgehead atoms. The Labute approximate surface area is 169 Å². The minimum Gasteiger partial charge on any atom is -0.337 e. The fraction of sp³-hybridized carbons (Fsp3) is 0.0476. The lowest BCUT2D eigenvalue weighted by molar-refractivity contribution is 0.101. The van der Waals surface area contributed by atoms with Crippen molar-refractivity contribution >= 4 is 34.2 Å². The Morgan fingerprint density at radius 3 is 2.20 bits per heavy atom. The second kappa shape index (κ2) is 8.08. The lowest BCUT2D eigenvalue weighted by atomic mass is 10.1. The number of fused-ring (bicyclic) bond motifs is 1. The number of halogens is 2. The van der Waals surface area contributed by atoms with Gasteiger partial charge in [-0.3, -0.25) is 14.6 Å². The maximum Gasteiger partial charge on any atom is 0.295 e. The minimum atomic E-state index is -2.72. The minimum absolute atomic E-state index is 0.276. The summed E-state index contributed by atoms with van der Waals surface area (Å²) in [5.74, 6) is -1.18. The molecule has 0 aliphatic carbocycles. The number of nitrogens with zero attached hydrogens (tertiary/aromatic N) is 2. The van der Waals surface area contributed by atoms with Crippen molar-refractivity contribution in [2.75, 3.05) is 10.6 Å². The van der Waals surface area contributed by atoms with E-state index in [0.717, 1.165) is 0 Å². The molecule has 0 radical (unpaired) electrons. The number of amides is 2. The van der Waals surface area contributed by atoms with Crippen LogP contribution in [0.25, 0.3) is 11.0 Å². The monoisotopic (exact) mass is 407 g/mol. The molecule has 150 valence electrons. The molecule has 3 N–H and O–H groups in total. The molecule has 0 aliphatic heterocycles. The van der Waals surface area contributed by atoms with Crippen LogP contribution in [0.4, 0.5) is 20.2 Å². The van der Waals surface area contributed by atoms with Crippen molar-refractivity contribution in [3.05, 3.63) is 83.9 Å². The Hall–Kier alpha value is -4.14. The summed E-state index contributed by atoms with van der Waals surface area (Å²) in [6, 6.07) is 14.3. The Morgan fingerprint density at radius 1 is 0.867 bits per heavy atom. The number of rotatable bonds is 5. The number of pyridine rings is 1. The number of aromatic nitrogens is 3. The average molecular weight is 407 g/mol. The van der Waals surface area contributed by atoms with Gasteiger partial charge in [0.15, 0.2) is 5.82 Å². The summed E-state index contributed by atoms with van der Waals surface area (Å²) < 4.78 is 25.6. The zero-order valence-electron chi connectivity index (χ0n) is 15.4. The number of anilines is 2. The summed E-state index contributed by atoms with van der Waals surface area (Å²) >= 11 is 0. The predicted molar refractivity (Wildman–Crippen MR) is 108 cm³/mol. The Morgan fingerprint density at radius 2 is 1.53 bits per heavy atom. The number of nitrogens with one attached hydrogen (secondary N) is 3. The number of carbonyl (C=O) groups is 2. The molecule has 0 aliphatic rings. The largest absolute Gasteiger partial charge is 0.337 e. The molecular formula is C21H15F2N5O2. The molecule has 2 aromatic carbocycles. The molecule has 0 fully saturated rings. The van der Waals surface area contributed by atoms with Gasteiger partial charge < -0.3 is 15.6 Å². The highest BCUT2D eigenvalue weighted by Gasteiger charge is 2.14. The van der Waals surface area contributed by atoms with Gasteiger partial charge in [0.25, 0.3) is 18.2 Å². The molecule has 0 atom stereocenters. The van der Waals surface area contributed by atoms with Crippen molar-refractivity contribution in [1.29, 1.82) is 0 Å². The Kier molecular flexibility index (Phi) is 5.17. The molecule has 7 nitrogen and oxygen atoms in total. The number of H-pyrrole nitrogens is 1. The first kappa shape index (κ1) is 19.2. The van der Waals surface area contributed by atoms with Gasteiger partial charge in [-0.25, -0.2) is 13.8 Å². The number of carbonyl (C=O) groups excluding carboxylic acids is 2. The van der Waals surface area contributed by atoms with Crippen molar-refractivity contribution in [3.63, 3.8) is 0 Å². The van der Waals surface area contributed by atoms with E-state index in [-0.39, 0.29) is 11.5 Å². The molecule has 9 heteroatoms. The van der Waals surface area contributed by atoms with Gasteiger partial charge >= 0.3 is 0 Å². The van der Waals surface area contributed by atoms with Crippen LogP contribution in [0.2, 0.25) is 0 Å².